The number of nitrogens with zero attached hydrogens (tertiary/aromatic N) is 2. The zero-order chi connectivity index (χ0) is 10.1. The van der Waals surface area contributed by atoms with Crippen LogP contribution in [0.5, 0.6) is 0 Å². The Labute approximate surface area is 85.1 Å². The second-order valence-electron chi connectivity index (χ2n) is 4.33. The van der Waals surface area contributed by atoms with Gasteiger partial charge in [0.05, 0.1) is 18.8 Å². The van der Waals surface area contributed by atoms with E-state index < -0.39 is 0 Å². The molecule has 1 aromatic rings. The average molecular weight is 194 g/mol. The molecule has 0 radical (unpaired) electrons. The average Bonchev–Trinajstić information content (AvgIpc) is 2.70. The fourth-order valence-corrected chi connectivity index (χ4v) is 2.18. The van der Waals surface area contributed by atoms with E-state index in [0.717, 1.165) is 19.6 Å². The molecule has 1 aliphatic heterocycles. The highest BCUT2D eigenvalue weighted by Gasteiger charge is 2.22. The van der Waals surface area contributed by atoms with Crippen LogP contribution in [0.3, 0.4) is 0 Å². The minimum Gasteiger partial charge on any atom is -0.379 e. The first kappa shape index (κ1) is 9.71. The van der Waals surface area contributed by atoms with Crippen molar-refractivity contribution in [1.82, 2.24) is 9.78 Å². The first-order chi connectivity index (χ1) is 6.70. The highest BCUT2D eigenvalue weighted by atomic mass is 16.5. The van der Waals surface area contributed by atoms with E-state index in [1.54, 1.807) is 0 Å². The Morgan fingerprint density at radius 2 is 2.36 bits per heavy atom. The van der Waals surface area contributed by atoms with Crippen LogP contribution < -0.4 is 0 Å². The Morgan fingerprint density at radius 3 is 2.93 bits per heavy atom. The molecule has 0 aliphatic carbocycles. The molecule has 1 aromatic heterocycles. The minimum atomic E-state index is 0.459. The molecule has 1 saturated heterocycles. The summed E-state index contributed by atoms with van der Waals surface area (Å²) in [7, 11) is 0. The summed E-state index contributed by atoms with van der Waals surface area (Å²) in [6.07, 6.45) is 3.06. The molecule has 3 nitrogen and oxygen atoms in total. The van der Waals surface area contributed by atoms with Gasteiger partial charge in [-0.2, -0.15) is 5.10 Å². The van der Waals surface area contributed by atoms with Crippen LogP contribution in [0.25, 0.3) is 0 Å². The zero-order valence-corrected chi connectivity index (χ0v) is 9.16. The molecule has 14 heavy (non-hydrogen) atoms. The summed E-state index contributed by atoms with van der Waals surface area (Å²) in [6, 6.07) is 0.459. The van der Waals surface area contributed by atoms with E-state index in [1.807, 2.05) is 6.20 Å². The maximum atomic E-state index is 5.39. The fourth-order valence-electron chi connectivity index (χ4n) is 2.18. The lowest BCUT2D eigenvalue weighted by atomic mass is 10.1. The van der Waals surface area contributed by atoms with Gasteiger partial charge in [-0.05, 0) is 24.8 Å². The van der Waals surface area contributed by atoms with E-state index in [2.05, 4.69) is 30.6 Å². The van der Waals surface area contributed by atoms with Crippen molar-refractivity contribution in [3.8, 4) is 0 Å². The first-order valence-electron chi connectivity index (χ1n) is 5.32. The molecule has 0 spiro atoms. The van der Waals surface area contributed by atoms with Gasteiger partial charge in [0.15, 0.2) is 0 Å². The molecule has 1 fully saturated rings. The maximum Gasteiger partial charge on any atom is 0.0777 e. The molecular weight excluding hydrogens is 176 g/mol. The second kappa shape index (κ2) is 3.73. The Morgan fingerprint density at radius 1 is 1.57 bits per heavy atom. The number of ether oxygens (including phenoxy) is 1. The molecule has 2 heterocycles. The predicted molar refractivity (Wildman–Crippen MR) is 55.5 cm³/mol. The van der Waals surface area contributed by atoms with Gasteiger partial charge >= 0.3 is 0 Å². The van der Waals surface area contributed by atoms with E-state index in [1.165, 1.54) is 11.3 Å². The quantitative estimate of drug-likeness (QED) is 0.722. The van der Waals surface area contributed by atoms with Gasteiger partial charge in [0.2, 0.25) is 0 Å². The molecule has 78 valence electrons. The van der Waals surface area contributed by atoms with Gasteiger partial charge in [-0.15, -0.1) is 0 Å². The molecule has 1 atom stereocenters. The summed E-state index contributed by atoms with van der Waals surface area (Å²) in [5, 5.41) is 4.46. The molecule has 0 bridgehead atoms. The third-order valence-corrected chi connectivity index (χ3v) is 2.83. The molecule has 3 heteroatoms. The van der Waals surface area contributed by atoms with E-state index in [9.17, 15) is 0 Å². The summed E-state index contributed by atoms with van der Waals surface area (Å²) in [5.41, 5.74) is 2.66. The third-order valence-electron chi connectivity index (χ3n) is 2.83. The van der Waals surface area contributed by atoms with Crippen LogP contribution in [0.15, 0.2) is 6.20 Å². The summed E-state index contributed by atoms with van der Waals surface area (Å²) < 4.78 is 7.55. The Bertz CT molecular complexity index is 311. The molecule has 2 rings (SSSR count). The highest BCUT2D eigenvalue weighted by Crippen LogP contribution is 2.26. The van der Waals surface area contributed by atoms with Crippen LogP contribution in [0.1, 0.15) is 43.5 Å². The molecule has 0 amide bonds. The molecule has 1 aliphatic rings. The van der Waals surface area contributed by atoms with Crippen molar-refractivity contribution in [2.24, 2.45) is 0 Å². The van der Waals surface area contributed by atoms with Crippen molar-refractivity contribution in [2.75, 3.05) is 13.2 Å². The smallest absolute Gasteiger partial charge is 0.0777 e. The first-order valence-corrected chi connectivity index (χ1v) is 5.32. The van der Waals surface area contributed by atoms with Crippen LogP contribution in [0.4, 0.5) is 0 Å². The molecule has 1 unspecified atom stereocenters. The fraction of sp³-hybridized carbons (Fsp3) is 0.727. The summed E-state index contributed by atoms with van der Waals surface area (Å²) >= 11 is 0. The van der Waals surface area contributed by atoms with Crippen molar-refractivity contribution >= 4 is 0 Å². The number of hydrogen-bond acceptors (Lipinski definition) is 2. The van der Waals surface area contributed by atoms with Crippen LogP contribution in [-0.2, 0) is 4.74 Å². The van der Waals surface area contributed by atoms with Crippen molar-refractivity contribution < 1.29 is 4.74 Å². The van der Waals surface area contributed by atoms with Crippen LogP contribution in [0, 0.1) is 6.92 Å². The van der Waals surface area contributed by atoms with Crippen molar-refractivity contribution in [3.63, 3.8) is 0 Å². The topological polar surface area (TPSA) is 27.1 Å². The standard InChI is InChI=1S/C11H18N2O/c1-8(2)11-9(3)6-12-13(11)10-4-5-14-7-10/h6,8,10H,4-5,7H2,1-3H3. The van der Waals surface area contributed by atoms with E-state index in [0.29, 0.717) is 12.0 Å². The normalized spacial score (nSPS) is 22.1. The van der Waals surface area contributed by atoms with Crippen LogP contribution in [0.2, 0.25) is 0 Å². The lowest BCUT2D eigenvalue weighted by molar-refractivity contribution is 0.183. The Balaban J connectivity index is 2.32. The number of aromatic nitrogens is 2. The summed E-state index contributed by atoms with van der Waals surface area (Å²) in [6.45, 7) is 8.27. The zero-order valence-electron chi connectivity index (χ0n) is 9.16. The SMILES string of the molecule is Cc1cnn(C2CCOC2)c1C(C)C. The second-order valence-corrected chi connectivity index (χ2v) is 4.33. The van der Waals surface area contributed by atoms with Crippen molar-refractivity contribution in [1.29, 1.82) is 0 Å². The van der Waals surface area contributed by atoms with Crippen LogP contribution in [-0.4, -0.2) is 23.0 Å². The molecule has 0 saturated carbocycles. The van der Waals surface area contributed by atoms with E-state index in [-0.39, 0.29) is 0 Å². The minimum absolute atomic E-state index is 0.459. The Hall–Kier alpha value is -0.830. The lowest BCUT2D eigenvalue weighted by Gasteiger charge is -2.16. The van der Waals surface area contributed by atoms with Gasteiger partial charge in [0.1, 0.15) is 0 Å². The number of rotatable bonds is 2. The van der Waals surface area contributed by atoms with Gasteiger partial charge in [0.25, 0.3) is 0 Å². The number of hydrogen-bond donors (Lipinski definition) is 0. The van der Waals surface area contributed by atoms with Gasteiger partial charge < -0.3 is 4.74 Å². The monoisotopic (exact) mass is 194 g/mol. The van der Waals surface area contributed by atoms with Gasteiger partial charge in [-0.1, -0.05) is 13.8 Å². The predicted octanol–water partition coefficient (Wildman–Crippen LogP) is 2.28. The van der Waals surface area contributed by atoms with Gasteiger partial charge in [-0.3, -0.25) is 4.68 Å². The molecule has 0 N–H and O–H groups in total. The van der Waals surface area contributed by atoms with Gasteiger partial charge in [0, 0.05) is 12.3 Å². The summed E-state index contributed by atoms with van der Waals surface area (Å²) in [5.74, 6) is 0.540. The molecule has 0 aromatic carbocycles. The van der Waals surface area contributed by atoms with E-state index in [4.69, 9.17) is 4.74 Å². The van der Waals surface area contributed by atoms with Crippen LogP contribution >= 0.6 is 0 Å². The largest absolute Gasteiger partial charge is 0.379 e. The Kier molecular flexibility index (Phi) is 2.59. The lowest BCUT2D eigenvalue weighted by Crippen LogP contribution is -2.14. The van der Waals surface area contributed by atoms with Gasteiger partial charge in [-0.25, -0.2) is 0 Å². The maximum absolute atomic E-state index is 5.39. The van der Waals surface area contributed by atoms with Crippen molar-refractivity contribution in [2.45, 2.75) is 39.2 Å². The summed E-state index contributed by atoms with van der Waals surface area (Å²) in [4.78, 5) is 0. The van der Waals surface area contributed by atoms with E-state index >= 15 is 0 Å². The van der Waals surface area contributed by atoms with Crippen molar-refractivity contribution in [3.05, 3.63) is 17.5 Å². The number of aryl methyl sites for hydroxylation is 1. The third kappa shape index (κ3) is 1.57. The molecular formula is C11H18N2O. The highest BCUT2D eigenvalue weighted by molar-refractivity contribution is 5.19.